The molecule has 4 rings (SSSR count). The van der Waals surface area contributed by atoms with Crippen LogP contribution in [0.2, 0.25) is 0 Å². The van der Waals surface area contributed by atoms with E-state index in [1.54, 1.807) is 60.7 Å². The predicted octanol–water partition coefficient (Wildman–Crippen LogP) is 6.70. The zero-order chi connectivity index (χ0) is 27.9. The summed E-state index contributed by atoms with van der Waals surface area (Å²) in [6.45, 7) is 1.93. The summed E-state index contributed by atoms with van der Waals surface area (Å²) in [6, 6.07) is 27.3. The van der Waals surface area contributed by atoms with E-state index in [4.69, 9.17) is 4.74 Å². The molecule has 0 radical (unpaired) electrons. The van der Waals surface area contributed by atoms with E-state index < -0.39 is 27.6 Å². The molecule has 0 aromatic heterocycles. The topological polar surface area (TPSA) is 116 Å². The number of nitro groups is 1. The maximum Gasteiger partial charge on any atom is 0.338 e. The summed E-state index contributed by atoms with van der Waals surface area (Å²) in [5.41, 5.74) is 2.74. The van der Waals surface area contributed by atoms with Crippen molar-refractivity contribution in [2.24, 2.45) is 0 Å². The van der Waals surface area contributed by atoms with Crippen LogP contribution in [-0.2, 0) is 4.74 Å². The van der Waals surface area contributed by atoms with Gasteiger partial charge in [-0.1, -0.05) is 76.1 Å². The average Bonchev–Trinajstić information content (AvgIpc) is 2.96. The number of benzene rings is 4. The van der Waals surface area contributed by atoms with Crippen LogP contribution in [0.1, 0.15) is 47.0 Å². The highest BCUT2D eigenvalue weighted by molar-refractivity contribution is 9.09. The molecule has 1 amide bonds. The monoisotopic (exact) mass is 586 g/mol. The third-order valence-electron chi connectivity index (χ3n) is 5.91. The van der Waals surface area contributed by atoms with Crippen molar-refractivity contribution in [1.82, 2.24) is 0 Å². The molecular formula is C30H23BrN2O6. The van der Waals surface area contributed by atoms with Gasteiger partial charge in [0.1, 0.15) is 0 Å². The Morgan fingerprint density at radius 2 is 1.46 bits per heavy atom. The van der Waals surface area contributed by atoms with Gasteiger partial charge in [-0.3, -0.25) is 19.7 Å². The van der Waals surface area contributed by atoms with Gasteiger partial charge in [0, 0.05) is 28.9 Å². The highest BCUT2D eigenvalue weighted by Crippen LogP contribution is 2.33. The number of carbonyl (C=O) groups is 3. The Kier molecular flexibility index (Phi) is 8.63. The third kappa shape index (κ3) is 6.82. The highest BCUT2D eigenvalue weighted by atomic mass is 79.9. The first-order valence-electron chi connectivity index (χ1n) is 11.9. The zero-order valence-electron chi connectivity index (χ0n) is 20.7. The Morgan fingerprint density at radius 3 is 2.10 bits per heavy atom. The van der Waals surface area contributed by atoms with Gasteiger partial charge in [0.2, 0.25) is 5.78 Å². The lowest BCUT2D eigenvalue weighted by atomic mass is 9.99. The van der Waals surface area contributed by atoms with E-state index in [1.807, 2.05) is 19.1 Å². The largest absolute Gasteiger partial charge is 0.449 e. The second kappa shape index (κ2) is 12.3. The van der Waals surface area contributed by atoms with E-state index in [0.717, 1.165) is 5.56 Å². The van der Waals surface area contributed by atoms with Crippen molar-refractivity contribution in [3.05, 3.63) is 141 Å². The van der Waals surface area contributed by atoms with Gasteiger partial charge >= 0.3 is 5.97 Å². The molecule has 0 aliphatic rings. The first-order valence-corrected chi connectivity index (χ1v) is 12.8. The number of ketones is 1. The number of amides is 1. The van der Waals surface area contributed by atoms with Gasteiger partial charge in [-0.2, -0.15) is 0 Å². The van der Waals surface area contributed by atoms with Crippen molar-refractivity contribution in [3.63, 3.8) is 0 Å². The van der Waals surface area contributed by atoms with Gasteiger partial charge in [-0.25, -0.2) is 4.79 Å². The number of hydrogen-bond donors (Lipinski definition) is 1. The number of nitrogens with one attached hydrogen (secondary N) is 1. The van der Waals surface area contributed by atoms with E-state index in [1.165, 1.54) is 30.3 Å². The van der Waals surface area contributed by atoms with Crippen LogP contribution in [0.5, 0.6) is 0 Å². The maximum absolute atomic E-state index is 13.4. The van der Waals surface area contributed by atoms with E-state index in [0.29, 0.717) is 22.4 Å². The van der Waals surface area contributed by atoms with Crippen molar-refractivity contribution in [3.8, 4) is 0 Å². The van der Waals surface area contributed by atoms with E-state index >= 15 is 0 Å². The number of halogens is 1. The summed E-state index contributed by atoms with van der Waals surface area (Å²) in [5, 5.41) is 14.0. The second-order valence-corrected chi connectivity index (χ2v) is 9.69. The van der Waals surface area contributed by atoms with Crippen molar-refractivity contribution in [2.45, 2.75) is 17.9 Å². The number of alkyl halides is 1. The van der Waals surface area contributed by atoms with Gasteiger partial charge in [0.25, 0.3) is 11.6 Å². The van der Waals surface area contributed by atoms with Crippen molar-refractivity contribution in [1.29, 1.82) is 0 Å². The van der Waals surface area contributed by atoms with Crippen LogP contribution in [-0.4, -0.2) is 28.7 Å². The van der Waals surface area contributed by atoms with Crippen LogP contribution in [0, 0.1) is 17.0 Å². The Labute approximate surface area is 232 Å². The molecule has 0 spiro atoms. The Bertz CT molecular complexity index is 1500. The van der Waals surface area contributed by atoms with Crippen molar-refractivity contribution < 1.29 is 24.0 Å². The summed E-state index contributed by atoms with van der Waals surface area (Å²) >= 11 is 3.43. The minimum atomic E-state index is -1.32. The molecule has 0 heterocycles. The number of nitro benzene ring substituents is 1. The Morgan fingerprint density at radius 1 is 0.821 bits per heavy atom. The molecule has 8 nitrogen and oxygen atoms in total. The number of non-ortho nitro benzene ring substituents is 1. The molecule has 0 bridgehead atoms. The normalized spacial score (nSPS) is 12.2. The average molecular weight is 587 g/mol. The lowest BCUT2D eigenvalue weighted by Gasteiger charge is -2.22. The number of aryl methyl sites for hydroxylation is 1. The molecule has 0 fully saturated rings. The molecule has 0 saturated carbocycles. The van der Waals surface area contributed by atoms with E-state index in [2.05, 4.69) is 21.2 Å². The van der Waals surface area contributed by atoms with Gasteiger partial charge in [-0.05, 0) is 48.9 Å². The number of ether oxygens (including phenoxy) is 1. The van der Waals surface area contributed by atoms with Crippen molar-refractivity contribution >= 4 is 45.0 Å². The molecule has 2 atom stereocenters. The lowest BCUT2D eigenvalue weighted by molar-refractivity contribution is -0.384. The second-order valence-electron chi connectivity index (χ2n) is 8.71. The number of nitrogens with zero attached hydrogens (tertiary/aromatic N) is 1. The first kappa shape index (κ1) is 27.4. The molecule has 39 heavy (non-hydrogen) atoms. The van der Waals surface area contributed by atoms with Crippen LogP contribution >= 0.6 is 15.9 Å². The fourth-order valence-electron chi connectivity index (χ4n) is 3.78. The van der Waals surface area contributed by atoms with Crippen LogP contribution < -0.4 is 5.32 Å². The molecule has 0 saturated heterocycles. The van der Waals surface area contributed by atoms with E-state index in [-0.39, 0.29) is 17.2 Å². The smallest absolute Gasteiger partial charge is 0.338 e. The zero-order valence-corrected chi connectivity index (χ0v) is 22.3. The highest BCUT2D eigenvalue weighted by Gasteiger charge is 2.33. The number of esters is 1. The van der Waals surface area contributed by atoms with Crippen LogP contribution in [0.4, 0.5) is 11.4 Å². The number of Topliss-reactive ketones (excluding diaryl/α,β-unsaturated/α-hetero) is 1. The molecule has 0 aliphatic heterocycles. The molecule has 196 valence electrons. The third-order valence-corrected chi connectivity index (χ3v) is 6.92. The quantitative estimate of drug-likeness (QED) is 0.0766. The van der Waals surface area contributed by atoms with Gasteiger partial charge in [0.15, 0.2) is 6.10 Å². The lowest BCUT2D eigenvalue weighted by Crippen LogP contribution is -2.31. The number of rotatable bonds is 9. The number of carbonyl (C=O) groups excluding carboxylic acids is 3. The molecule has 4 aromatic carbocycles. The van der Waals surface area contributed by atoms with Crippen LogP contribution in [0.25, 0.3) is 0 Å². The maximum atomic E-state index is 13.4. The summed E-state index contributed by atoms with van der Waals surface area (Å²) in [5.74, 6) is -1.53. The van der Waals surface area contributed by atoms with Gasteiger partial charge in [0.05, 0.1) is 15.3 Å². The summed E-state index contributed by atoms with van der Waals surface area (Å²) < 4.78 is 5.68. The summed E-state index contributed by atoms with van der Waals surface area (Å²) in [7, 11) is 0. The van der Waals surface area contributed by atoms with Crippen LogP contribution in [0.15, 0.2) is 103 Å². The molecule has 9 heteroatoms. The number of anilines is 1. The van der Waals surface area contributed by atoms with Crippen LogP contribution in [0.3, 0.4) is 0 Å². The van der Waals surface area contributed by atoms with E-state index in [9.17, 15) is 24.5 Å². The SMILES string of the molecule is Cc1ccc(C(=O)Nc2ccc(C(=O)O[C@H](C(=O)c3ccccc3)[C@@H](Br)c3cccc([N+](=O)[O-])c3)cc2)cc1. The summed E-state index contributed by atoms with van der Waals surface area (Å²) in [6.07, 6.45) is -1.32. The predicted molar refractivity (Wildman–Crippen MR) is 150 cm³/mol. The molecule has 0 aliphatic carbocycles. The summed E-state index contributed by atoms with van der Waals surface area (Å²) in [4.78, 5) is 48.8. The fraction of sp³-hybridized carbons (Fsp3) is 0.100. The molecular weight excluding hydrogens is 564 g/mol. The van der Waals surface area contributed by atoms with Gasteiger partial charge < -0.3 is 10.1 Å². The minimum Gasteiger partial charge on any atom is -0.449 e. The Balaban J connectivity index is 1.54. The fourth-order valence-corrected chi connectivity index (χ4v) is 4.41. The standard InChI is InChI=1S/C30H23BrN2O6/c1-19-10-12-21(13-11-19)29(35)32-24-16-14-22(15-17-24)30(36)39-28(27(34)20-6-3-2-4-7-20)26(31)23-8-5-9-25(18-23)33(37)38/h2-18,26,28H,1H3,(H,32,35)/t26-,28-/m0/s1. The Hall–Kier alpha value is -4.63. The minimum absolute atomic E-state index is 0.155. The first-order chi connectivity index (χ1) is 18.7. The molecule has 4 aromatic rings. The molecule has 1 N–H and O–H groups in total. The molecule has 0 unspecified atom stereocenters. The van der Waals surface area contributed by atoms with Crippen molar-refractivity contribution in [2.75, 3.05) is 5.32 Å². The number of hydrogen-bond acceptors (Lipinski definition) is 6. The van der Waals surface area contributed by atoms with Gasteiger partial charge in [-0.15, -0.1) is 0 Å².